The van der Waals surface area contributed by atoms with Gasteiger partial charge in [-0.2, -0.15) is 5.10 Å². The Morgan fingerprint density at radius 2 is 1.90 bits per heavy atom. The molecule has 192 valence electrons. The number of nitro benzene ring substituents is 1. The van der Waals surface area contributed by atoms with Crippen molar-refractivity contribution in [2.24, 2.45) is 4.99 Å². The first kappa shape index (κ1) is 25.2. The first-order valence-electron chi connectivity index (χ1n) is 11.6. The van der Waals surface area contributed by atoms with E-state index in [4.69, 9.17) is 4.99 Å². The number of H-pyrrole nitrogens is 1. The number of nitro groups is 1. The molecule has 0 fully saturated rings. The number of fused-ring (bicyclic) bond motifs is 1. The SMILES string of the molecule is O=c1c(=Cc2cc([N+](=O)[O-])ccc2Sc2ncn[nH]2)sc2n1C(c1ccc(Br)cc1)C=C(c1ccccc1)N=2. The second kappa shape index (κ2) is 10.6. The zero-order chi connectivity index (χ0) is 26.9. The van der Waals surface area contributed by atoms with Gasteiger partial charge < -0.3 is 0 Å². The van der Waals surface area contributed by atoms with Crippen molar-refractivity contribution in [3.05, 3.63) is 136 Å². The third-order valence-corrected chi connectivity index (χ3v) is 8.51. The number of non-ortho nitro benzene ring substituents is 1. The number of aromatic nitrogens is 4. The van der Waals surface area contributed by atoms with Gasteiger partial charge in [-0.1, -0.05) is 69.7 Å². The average Bonchev–Trinajstić information content (AvgIpc) is 3.57. The molecule has 0 spiro atoms. The van der Waals surface area contributed by atoms with Crippen LogP contribution in [0.4, 0.5) is 5.69 Å². The van der Waals surface area contributed by atoms with Crippen molar-refractivity contribution in [1.82, 2.24) is 19.7 Å². The Bertz CT molecular complexity index is 1900. The molecule has 1 aliphatic heterocycles. The van der Waals surface area contributed by atoms with Gasteiger partial charge in [0, 0.05) is 21.5 Å². The molecule has 2 aromatic heterocycles. The Hall–Kier alpha value is -4.13. The lowest BCUT2D eigenvalue weighted by molar-refractivity contribution is -0.384. The monoisotopic (exact) mass is 616 g/mol. The fourth-order valence-corrected chi connectivity index (χ4v) is 6.24. The molecule has 1 atom stereocenters. The van der Waals surface area contributed by atoms with Crippen molar-refractivity contribution in [1.29, 1.82) is 0 Å². The van der Waals surface area contributed by atoms with Crippen molar-refractivity contribution < 1.29 is 4.92 Å². The molecule has 3 heterocycles. The normalized spacial score (nSPS) is 14.9. The molecule has 9 nitrogen and oxygen atoms in total. The predicted octanol–water partition coefficient (Wildman–Crippen LogP) is 4.94. The Labute approximate surface area is 237 Å². The first-order chi connectivity index (χ1) is 19.0. The third kappa shape index (κ3) is 5.13. The number of nitrogens with one attached hydrogen (secondary N) is 1. The number of nitrogens with zero attached hydrogens (tertiary/aromatic N) is 5. The number of hydrogen-bond donors (Lipinski definition) is 1. The summed E-state index contributed by atoms with van der Waals surface area (Å²) >= 11 is 6.01. The van der Waals surface area contributed by atoms with Gasteiger partial charge >= 0.3 is 0 Å². The molecule has 0 amide bonds. The fourth-order valence-electron chi connectivity index (χ4n) is 4.19. The van der Waals surface area contributed by atoms with Gasteiger partial charge in [-0.15, -0.1) is 0 Å². The minimum absolute atomic E-state index is 0.0740. The molecule has 3 aromatic carbocycles. The Morgan fingerprint density at radius 3 is 2.62 bits per heavy atom. The highest BCUT2D eigenvalue weighted by Crippen LogP contribution is 2.31. The summed E-state index contributed by atoms with van der Waals surface area (Å²) in [5.74, 6) is 0. The van der Waals surface area contributed by atoms with Crippen LogP contribution in [0.15, 0.2) is 110 Å². The smallest absolute Gasteiger partial charge is 0.271 e. The van der Waals surface area contributed by atoms with E-state index in [1.807, 2.05) is 60.7 Å². The van der Waals surface area contributed by atoms with Gasteiger partial charge in [0.25, 0.3) is 11.2 Å². The molecule has 39 heavy (non-hydrogen) atoms. The number of aromatic amines is 1. The van der Waals surface area contributed by atoms with Gasteiger partial charge in [-0.05, 0) is 58.8 Å². The topological polar surface area (TPSA) is 119 Å². The molecule has 1 unspecified atom stereocenters. The molecule has 12 heteroatoms. The summed E-state index contributed by atoms with van der Waals surface area (Å²) in [5.41, 5.74) is 2.88. The summed E-state index contributed by atoms with van der Waals surface area (Å²) in [6.07, 6.45) is 5.06. The molecule has 5 aromatic rings. The van der Waals surface area contributed by atoms with Gasteiger partial charge in [0.2, 0.25) is 0 Å². The number of hydrogen-bond acceptors (Lipinski definition) is 8. The lowest BCUT2D eigenvalue weighted by Crippen LogP contribution is -2.36. The summed E-state index contributed by atoms with van der Waals surface area (Å²) in [4.78, 5) is 35.1. The number of allylic oxidation sites excluding steroid dienone is 1. The number of rotatable bonds is 6. The van der Waals surface area contributed by atoms with Crippen LogP contribution < -0.4 is 14.9 Å². The van der Waals surface area contributed by atoms with Crippen LogP contribution in [0.3, 0.4) is 0 Å². The molecule has 0 radical (unpaired) electrons. The summed E-state index contributed by atoms with van der Waals surface area (Å²) in [7, 11) is 0. The summed E-state index contributed by atoms with van der Waals surface area (Å²) < 4.78 is 3.03. The van der Waals surface area contributed by atoms with Crippen LogP contribution >= 0.6 is 39.0 Å². The lowest BCUT2D eigenvalue weighted by atomic mass is 10.0. The van der Waals surface area contributed by atoms with Gasteiger partial charge in [0.1, 0.15) is 6.33 Å². The van der Waals surface area contributed by atoms with Crippen LogP contribution in [0.1, 0.15) is 22.7 Å². The lowest BCUT2D eigenvalue weighted by Gasteiger charge is -2.19. The number of benzene rings is 3. The van der Waals surface area contributed by atoms with Crippen LogP contribution in [0, 0.1) is 10.1 Å². The highest BCUT2D eigenvalue weighted by Gasteiger charge is 2.23. The van der Waals surface area contributed by atoms with Crippen molar-refractivity contribution in [3.63, 3.8) is 0 Å². The largest absolute Gasteiger partial charge is 0.272 e. The zero-order valence-corrected chi connectivity index (χ0v) is 23.1. The summed E-state index contributed by atoms with van der Waals surface area (Å²) in [6.45, 7) is 0. The predicted molar refractivity (Wildman–Crippen MR) is 153 cm³/mol. The van der Waals surface area contributed by atoms with Crippen molar-refractivity contribution in [2.75, 3.05) is 0 Å². The second-order valence-corrected chi connectivity index (χ2v) is 11.4. The van der Waals surface area contributed by atoms with E-state index in [1.165, 1.54) is 41.6 Å². The van der Waals surface area contributed by atoms with E-state index < -0.39 is 4.92 Å². The minimum Gasteiger partial charge on any atom is -0.272 e. The molecular weight excluding hydrogens is 600 g/mol. The van der Waals surface area contributed by atoms with Crippen LogP contribution in [0.5, 0.6) is 0 Å². The van der Waals surface area contributed by atoms with Crippen LogP contribution in [0.2, 0.25) is 0 Å². The van der Waals surface area contributed by atoms with Gasteiger partial charge in [-0.3, -0.25) is 24.6 Å². The van der Waals surface area contributed by atoms with E-state index >= 15 is 0 Å². The van der Waals surface area contributed by atoms with E-state index in [2.05, 4.69) is 31.1 Å². The first-order valence-corrected chi connectivity index (χ1v) is 14.0. The quantitative estimate of drug-likeness (QED) is 0.213. The van der Waals surface area contributed by atoms with E-state index in [1.54, 1.807) is 16.7 Å². The molecule has 1 aliphatic rings. The van der Waals surface area contributed by atoms with Gasteiger partial charge in [0.05, 0.1) is 21.2 Å². The van der Waals surface area contributed by atoms with Crippen LogP contribution in [-0.4, -0.2) is 24.7 Å². The number of thiazole rings is 1. The summed E-state index contributed by atoms with van der Waals surface area (Å²) in [5, 5.41) is 18.7. The van der Waals surface area contributed by atoms with Gasteiger partial charge in [-0.25, -0.2) is 9.98 Å². The fraction of sp³-hybridized carbons (Fsp3) is 0.0370. The standard InChI is InChI=1S/C27H17BrN6O3S2/c28-19-8-6-17(7-9-19)22-14-21(16-4-2-1-3-5-16)31-27-33(22)25(35)24(39-27)13-18-12-20(34(36)37)10-11-23(18)38-26-29-15-30-32-26/h1-15,22H,(H,29,30,32). The highest BCUT2D eigenvalue weighted by atomic mass is 79.9. The average molecular weight is 618 g/mol. The van der Waals surface area contributed by atoms with Gasteiger partial charge in [0.15, 0.2) is 9.96 Å². The Morgan fingerprint density at radius 1 is 1.10 bits per heavy atom. The maximum atomic E-state index is 13.8. The van der Waals surface area contributed by atoms with Crippen molar-refractivity contribution in [3.8, 4) is 0 Å². The maximum absolute atomic E-state index is 13.8. The Kier molecular flexibility index (Phi) is 6.81. The molecule has 0 bridgehead atoms. The van der Waals surface area contributed by atoms with E-state index in [9.17, 15) is 14.9 Å². The van der Waals surface area contributed by atoms with Crippen molar-refractivity contribution >= 4 is 56.5 Å². The van der Waals surface area contributed by atoms with Crippen LogP contribution in [-0.2, 0) is 0 Å². The molecule has 6 rings (SSSR count). The molecule has 0 saturated heterocycles. The maximum Gasteiger partial charge on any atom is 0.271 e. The molecular formula is C27H17BrN6O3S2. The second-order valence-electron chi connectivity index (χ2n) is 8.47. The number of halogens is 1. The third-order valence-electron chi connectivity index (χ3n) is 6.02. The van der Waals surface area contributed by atoms with E-state index in [0.717, 1.165) is 21.3 Å². The van der Waals surface area contributed by atoms with E-state index in [-0.39, 0.29) is 17.3 Å². The van der Waals surface area contributed by atoms with Crippen LogP contribution in [0.25, 0.3) is 11.8 Å². The Balaban J connectivity index is 1.54. The molecule has 1 N–H and O–H groups in total. The zero-order valence-electron chi connectivity index (χ0n) is 19.9. The summed E-state index contributed by atoms with van der Waals surface area (Å²) in [6, 6.07) is 21.8. The molecule has 0 aliphatic carbocycles. The minimum atomic E-state index is -0.457. The van der Waals surface area contributed by atoms with E-state index in [0.29, 0.717) is 24.9 Å². The molecule has 0 saturated carbocycles. The van der Waals surface area contributed by atoms with Crippen molar-refractivity contribution in [2.45, 2.75) is 16.1 Å². The highest BCUT2D eigenvalue weighted by molar-refractivity contribution is 9.10.